The maximum Gasteiger partial charge on any atom is 0.236 e. The molecule has 0 radical (unpaired) electrons. The number of imide groups is 1. The normalized spacial score (nSPS) is 25.1. The smallest absolute Gasteiger partial charge is 0.236 e. The number of carbonyl (C=O) groups excluding carboxylic acids is 2. The molecule has 5 nitrogen and oxygen atoms in total. The summed E-state index contributed by atoms with van der Waals surface area (Å²) in [5.74, 6) is -0.000556. The Balaban J connectivity index is 2.20. The third-order valence-electron chi connectivity index (χ3n) is 3.72. The molecule has 2 rings (SSSR count). The third kappa shape index (κ3) is 1.85. The Bertz CT molecular complexity index is 439. The molecular formula is C12H17N3O2. The molecule has 5 heteroatoms. The molecule has 17 heavy (non-hydrogen) atoms. The van der Waals surface area contributed by atoms with Gasteiger partial charge in [-0.15, -0.1) is 0 Å². The van der Waals surface area contributed by atoms with Gasteiger partial charge in [0.25, 0.3) is 0 Å². The van der Waals surface area contributed by atoms with E-state index in [-0.39, 0.29) is 17.7 Å². The van der Waals surface area contributed by atoms with Gasteiger partial charge in [-0.3, -0.25) is 19.6 Å². The fourth-order valence-corrected chi connectivity index (χ4v) is 2.06. The number of hydrogen-bond acceptors (Lipinski definition) is 3. The first-order valence-corrected chi connectivity index (χ1v) is 5.77. The minimum atomic E-state index is -0.555. The van der Waals surface area contributed by atoms with Crippen LogP contribution in [-0.2, 0) is 16.1 Å². The zero-order valence-electron chi connectivity index (χ0n) is 10.4. The monoisotopic (exact) mass is 235 g/mol. The van der Waals surface area contributed by atoms with Gasteiger partial charge in [-0.1, -0.05) is 13.8 Å². The average Bonchev–Trinajstić information content (AvgIpc) is 2.82. The van der Waals surface area contributed by atoms with Crippen LogP contribution in [0.5, 0.6) is 0 Å². The fourth-order valence-electron chi connectivity index (χ4n) is 2.06. The summed E-state index contributed by atoms with van der Waals surface area (Å²) in [4.78, 5) is 25.5. The molecule has 1 aliphatic heterocycles. The number of aromatic amines is 1. The molecule has 0 aromatic carbocycles. The molecule has 0 bridgehead atoms. The second-order valence-corrected chi connectivity index (χ2v) is 5.14. The third-order valence-corrected chi connectivity index (χ3v) is 3.72. The minimum absolute atomic E-state index is 0.0706. The summed E-state index contributed by atoms with van der Waals surface area (Å²) in [5, 5.41) is 6.49. The summed E-state index contributed by atoms with van der Waals surface area (Å²) in [5.41, 5.74) is 0.292. The quantitative estimate of drug-likeness (QED) is 0.804. The zero-order valence-corrected chi connectivity index (χ0v) is 10.4. The Hall–Kier alpha value is -1.65. The second-order valence-electron chi connectivity index (χ2n) is 5.14. The van der Waals surface area contributed by atoms with E-state index in [9.17, 15) is 9.59 Å². The molecular weight excluding hydrogens is 218 g/mol. The second kappa shape index (κ2) is 3.98. The molecule has 92 valence electrons. The van der Waals surface area contributed by atoms with Crippen molar-refractivity contribution in [2.75, 3.05) is 0 Å². The lowest BCUT2D eigenvalue weighted by Crippen LogP contribution is -2.36. The summed E-state index contributed by atoms with van der Waals surface area (Å²) in [6, 6.07) is 0. The molecule has 2 heterocycles. The molecule has 1 saturated heterocycles. The Morgan fingerprint density at radius 1 is 1.53 bits per heavy atom. The van der Waals surface area contributed by atoms with Crippen LogP contribution in [-0.4, -0.2) is 26.9 Å². The Kier molecular flexibility index (Phi) is 2.77. The van der Waals surface area contributed by atoms with Crippen molar-refractivity contribution in [3.63, 3.8) is 0 Å². The van der Waals surface area contributed by atoms with Crippen molar-refractivity contribution < 1.29 is 9.59 Å². The average molecular weight is 235 g/mol. The van der Waals surface area contributed by atoms with E-state index in [1.54, 1.807) is 12.4 Å². The summed E-state index contributed by atoms with van der Waals surface area (Å²) >= 11 is 0. The Labute approximate surface area is 100 Å². The molecule has 1 aliphatic rings. The molecule has 2 amide bonds. The van der Waals surface area contributed by atoms with Gasteiger partial charge in [-0.2, -0.15) is 5.10 Å². The maximum absolute atomic E-state index is 12.3. The van der Waals surface area contributed by atoms with E-state index in [0.717, 1.165) is 5.56 Å². The lowest BCUT2D eigenvalue weighted by molar-refractivity contribution is -0.142. The van der Waals surface area contributed by atoms with Crippen LogP contribution in [0.2, 0.25) is 0 Å². The highest BCUT2D eigenvalue weighted by molar-refractivity contribution is 6.05. The van der Waals surface area contributed by atoms with Gasteiger partial charge in [-0.25, -0.2) is 0 Å². The summed E-state index contributed by atoms with van der Waals surface area (Å²) < 4.78 is 0. The lowest BCUT2D eigenvalue weighted by Gasteiger charge is -2.25. The highest BCUT2D eigenvalue weighted by Crippen LogP contribution is 2.39. The van der Waals surface area contributed by atoms with E-state index < -0.39 is 5.41 Å². The van der Waals surface area contributed by atoms with Gasteiger partial charge in [0.2, 0.25) is 11.8 Å². The maximum atomic E-state index is 12.3. The van der Waals surface area contributed by atoms with Crippen LogP contribution >= 0.6 is 0 Å². The van der Waals surface area contributed by atoms with Crippen LogP contribution in [0.4, 0.5) is 0 Å². The molecule has 1 fully saturated rings. The van der Waals surface area contributed by atoms with Crippen LogP contribution < -0.4 is 0 Å². The summed E-state index contributed by atoms with van der Waals surface area (Å²) in [6.07, 6.45) is 3.64. The number of nitrogens with zero attached hydrogens (tertiary/aromatic N) is 2. The number of hydrogen-bond donors (Lipinski definition) is 1. The van der Waals surface area contributed by atoms with Crippen molar-refractivity contribution in [2.45, 2.75) is 33.7 Å². The van der Waals surface area contributed by atoms with Crippen LogP contribution in [0.15, 0.2) is 12.4 Å². The summed E-state index contributed by atoms with van der Waals surface area (Å²) in [7, 11) is 0. The van der Waals surface area contributed by atoms with Crippen molar-refractivity contribution in [1.82, 2.24) is 15.1 Å². The van der Waals surface area contributed by atoms with Crippen LogP contribution in [0.3, 0.4) is 0 Å². The predicted octanol–water partition coefficient (Wildman–Crippen LogP) is 1.33. The predicted molar refractivity (Wildman–Crippen MR) is 61.7 cm³/mol. The largest absolute Gasteiger partial charge is 0.285 e. The van der Waals surface area contributed by atoms with Crippen molar-refractivity contribution in [2.24, 2.45) is 11.3 Å². The first-order valence-electron chi connectivity index (χ1n) is 5.77. The molecule has 1 atom stereocenters. The standard InChI is InChI=1S/C12H17N3O2/c1-8(2)12(3)4-10(16)15(11(12)17)7-9-5-13-14-6-9/h5-6,8H,4,7H2,1-3H3,(H,13,14). The number of aromatic nitrogens is 2. The SMILES string of the molecule is CC(C)C1(C)CC(=O)N(Cc2cn[nH]c2)C1=O. The zero-order chi connectivity index (χ0) is 12.6. The molecule has 0 aliphatic carbocycles. The van der Waals surface area contributed by atoms with Gasteiger partial charge in [-0.05, 0) is 12.8 Å². The lowest BCUT2D eigenvalue weighted by atomic mass is 9.78. The first kappa shape index (κ1) is 11.8. The van der Waals surface area contributed by atoms with Gasteiger partial charge in [0.05, 0.1) is 18.2 Å². The van der Waals surface area contributed by atoms with Crippen molar-refractivity contribution in [3.8, 4) is 0 Å². The Morgan fingerprint density at radius 2 is 2.24 bits per heavy atom. The number of H-pyrrole nitrogens is 1. The molecule has 0 spiro atoms. The van der Waals surface area contributed by atoms with Gasteiger partial charge < -0.3 is 0 Å². The molecule has 1 aromatic rings. The van der Waals surface area contributed by atoms with Crippen molar-refractivity contribution in [3.05, 3.63) is 18.0 Å². The number of nitrogens with one attached hydrogen (secondary N) is 1. The highest BCUT2D eigenvalue weighted by Gasteiger charge is 2.49. The molecule has 1 aromatic heterocycles. The van der Waals surface area contributed by atoms with Crippen molar-refractivity contribution >= 4 is 11.8 Å². The van der Waals surface area contributed by atoms with Crippen molar-refractivity contribution in [1.29, 1.82) is 0 Å². The summed E-state index contributed by atoms with van der Waals surface area (Å²) in [6.45, 7) is 6.14. The topological polar surface area (TPSA) is 66.1 Å². The van der Waals surface area contributed by atoms with E-state index in [4.69, 9.17) is 0 Å². The molecule has 1 N–H and O–H groups in total. The fraction of sp³-hybridized carbons (Fsp3) is 0.583. The van der Waals surface area contributed by atoms with E-state index in [1.165, 1.54) is 4.90 Å². The molecule has 0 saturated carbocycles. The number of amides is 2. The number of likely N-dealkylation sites (tertiary alicyclic amines) is 1. The van der Waals surface area contributed by atoms with Gasteiger partial charge >= 0.3 is 0 Å². The van der Waals surface area contributed by atoms with Gasteiger partial charge in [0, 0.05) is 18.2 Å². The van der Waals surface area contributed by atoms with E-state index >= 15 is 0 Å². The van der Waals surface area contributed by atoms with Gasteiger partial charge in [0.1, 0.15) is 0 Å². The first-order chi connectivity index (χ1) is 7.95. The van der Waals surface area contributed by atoms with E-state index in [1.807, 2.05) is 20.8 Å². The highest BCUT2D eigenvalue weighted by atomic mass is 16.2. The van der Waals surface area contributed by atoms with Crippen LogP contribution in [0.25, 0.3) is 0 Å². The van der Waals surface area contributed by atoms with Gasteiger partial charge in [0.15, 0.2) is 0 Å². The van der Waals surface area contributed by atoms with E-state index in [2.05, 4.69) is 10.2 Å². The van der Waals surface area contributed by atoms with Crippen LogP contribution in [0, 0.1) is 11.3 Å². The molecule has 1 unspecified atom stereocenters. The number of carbonyl (C=O) groups is 2. The van der Waals surface area contributed by atoms with Crippen LogP contribution in [0.1, 0.15) is 32.8 Å². The Morgan fingerprint density at radius 3 is 2.71 bits per heavy atom. The number of rotatable bonds is 3. The minimum Gasteiger partial charge on any atom is -0.285 e. The van der Waals surface area contributed by atoms with E-state index in [0.29, 0.717) is 13.0 Å².